The molecule has 0 bridgehead atoms. The highest BCUT2D eigenvalue weighted by molar-refractivity contribution is 5.76. The fraction of sp³-hybridized carbons (Fsp3) is 0.919. The molecule has 4 heteroatoms. The summed E-state index contributed by atoms with van der Waals surface area (Å²) < 4.78 is 0. The lowest BCUT2D eigenvalue weighted by atomic mass is 10.0. The van der Waals surface area contributed by atoms with Crippen molar-refractivity contribution in [1.82, 2.24) is 5.32 Å². The number of carbonyl (C=O) groups excluding carboxylic acids is 1. The van der Waals surface area contributed by atoms with Crippen LogP contribution in [-0.2, 0) is 4.79 Å². The van der Waals surface area contributed by atoms with Gasteiger partial charge < -0.3 is 15.5 Å². The van der Waals surface area contributed by atoms with E-state index in [1.54, 1.807) is 0 Å². The summed E-state index contributed by atoms with van der Waals surface area (Å²) in [5.74, 6) is -0.0407. The number of hydrogen-bond acceptors (Lipinski definition) is 3. The van der Waals surface area contributed by atoms with E-state index in [9.17, 15) is 15.0 Å². The van der Waals surface area contributed by atoms with E-state index in [0.29, 0.717) is 12.8 Å². The Hall–Kier alpha value is -0.870. The molecule has 3 N–H and O–H groups in total. The first-order chi connectivity index (χ1) is 20.2. The van der Waals surface area contributed by atoms with Crippen LogP contribution in [0, 0.1) is 0 Å². The van der Waals surface area contributed by atoms with Crippen LogP contribution in [0.1, 0.15) is 200 Å². The van der Waals surface area contributed by atoms with Crippen molar-refractivity contribution >= 4 is 5.91 Å². The standard InChI is InChI=1S/C37H73NO3/c1-3-5-7-9-11-13-15-17-18-19-21-22-24-26-28-30-32-36(40)35(34-39)38-37(41)33-31-29-27-25-23-20-16-14-12-10-8-6-4-2/h22,24,35-36,39-40H,3-21,23,25-34H2,1-2H3,(H,38,41)/b24-22+/t35-,36+/m0/s1. The maximum atomic E-state index is 12.3. The summed E-state index contributed by atoms with van der Waals surface area (Å²) in [6, 6.07) is -0.545. The second-order valence-electron chi connectivity index (χ2n) is 12.6. The van der Waals surface area contributed by atoms with Gasteiger partial charge in [0.2, 0.25) is 5.91 Å². The van der Waals surface area contributed by atoms with Gasteiger partial charge in [0.15, 0.2) is 0 Å². The molecule has 0 saturated carbocycles. The second kappa shape index (κ2) is 33.6. The van der Waals surface area contributed by atoms with Crippen molar-refractivity contribution in [3.05, 3.63) is 12.2 Å². The Morgan fingerprint density at radius 3 is 1.34 bits per heavy atom. The minimum absolute atomic E-state index is 0.0407. The van der Waals surface area contributed by atoms with E-state index in [2.05, 4.69) is 31.3 Å². The number of hydrogen-bond donors (Lipinski definition) is 3. The third-order valence-electron chi connectivity index (χ3n) is 8.53. The van der Waals surface area contributed by atoms with Crippen molar-refractivity contribution < 1.29 is 15.0 Å². The predicted molar refractivity (Wildman–Crippen MR) is 179 cm³/mol. The molecule has 244 valence electrons. The first-order valence-corrected chi connectivity index (χ1v) is 18.4. The zero-order chi connectivity index (χ0) is 30.1. The molecule has 0 spiro atoms. The Balaban J connectivity index is 3.58. The van der Waals surface area contributed by atoms with Crippen LogP contribution in [0.15, 0.2) is 12.2 Å². The lowest BCUT2D eigenvalue weighted by Crippen LogP contribution is -2.45. The number of rotatable bonds is 33. The maximum Gasteiger partial charge on any atom is 0.220 e. The van der Waals surface area contributed by atoms with Gasteiger partial charge >= 0.3 is 0 Å². The summed E-state index contributed by atoms with van der Waals surface area (Å²) in [5.41, 5.74) is 0. The van der Waals surface area contributed by atoms with E-state index in [0.717, 1.165) is 32.1 Å². The van der Waals surface area contributed by atoms with Gasteiger partial charge in [0, 0.05) is 6.42 Å². The molecule has 41 heavy (non-hydrogen) atoms. The van der Waals surface area contributed by atoms with Gasteiger partial charge in [-0.3, -0.25) is 4.79 Å². The Morgan fingerprint density at radius 2 is 0.927 bits per heavy atom. The first kappa shape index (κ1) is 40.1. The molecule has 0 aliphatic carbocycles. The summed E-state index contributed by atoms with van der Waals surface area (Å²) in [4.78, 5) is 12.3. The molecule has 0 aliphatic heterocycles. The van der Waals surface area contributed by atoms with Crippen LogP contribution >= 0.6 is 0 Å². The van der Waals surface area contributed by atoms with Gasteiger partial charge in [-0.2, -0.15) is 0 Å². The van der Waals surface area contributed by atoms with E-state index >= 15 is 0 Å². The largest absolute Gasteiger partial charge is 0.394 e. The molecule has 0 rings (SSSR count). The average molecular weight is 580 g/mol. The molecule has 0 aromatic rings. The number of aliphatic hydroxyl groups is 2. The van der Waals surface area contributed by atoms with Crippen LogP contribution in [0.4, 0.5) is 0 Å². The molecule has 0 aliphatic rings. The van der Waals surface area contributed by atoms with Gasteiger partial charge in [0.1, 0.15) is 0 Å². The number of unbranched alkanes of at least 4 members (excludes halogenated alkanes) is 24. The second-order valence-corrected chi connectivity index (χ2v) is 12.6. The predicted octanol–water partition coefficient (Wildman–Crippen LogP) is 10.7. The van der Waals surface area contributed by atoms with E-state index < -0.39 is 12.1 Å². The smallest absolute Gasteiger partial charge is 0.220 e. The summed E-state index contributed by atoms with van der Waals surface area (Å²) in [6.07, 6.45) is 39.8. The van der Waals surface area contributed by atoms with Crippen molar-refractivity contribution in [2.24, 2.45) is 0 Å². The van der Waals surface area contributed by atoms with Crippen molar-refractivity contribution in [2.45, 2.75) is 212 Å². The van der Waals surface area contributed by atoms with Gasteiger partial charge in [-0.15, -0.1) is 0 Å². The van der Waals surface area contributed by atoms with Crippen LogP contribution in [0.5, 0.6) is 0 Å². The molecular weight excluding hydrogens is 506 g/mol. The van der Waals surface area contributed by atoms with Crippen LogP contribution < -0.4 is 5.32 Å². The Kier molecular flexibility index (Phi) is 32.9. The molecular formula is C37H73NO3. The molecule has 0 saturated heterocycles. The molecule has 0 unspecified atom stereocenters. The van der Waals surface area contributed by atoms with Crippen LogP contribution in [0.3, 0.4) is 0 Å². The third-order valence-corrected chi connectivity index (χ3v) is 8.53. The normalized spacial score (nSPS) is 13.2. The Labute approximate surface area is 256 Å². The Morgan fingerprint density at radius 1 is 0.561 bits per heavy atom. The SMILES string of the molecule is CCCCCCCCCCCC/C=C/CCCC[C@@H](O)[C@H](CO)NC(=O)CCCCCCCCCCCCCCC. The molecule has 1 amide bonds. The topological polar surface area (TPSA) is 69.6 Å². The molecule has 0 fully saturated rings. The quantitative estimate of drug-likeness (QED) is 0.0535. The highest BCUT2D eigenvalue weighted by Crippen LogP contribution is 2.14. The van der Waals surface area contributed by atoms with E-state index in [1.165, 1.54) is 141 Å². The van der Waals surface area contributed by atoms with Crippen molar-refractivity contribution in [1.29, 1.82) is 0 Å². The van der Waals surface area contributed by atoms with Crippen LogP contribution in [0.25, 0.3) is 0 Å². The van der Waals surface area contributed by atoms with Crippen LogP contribution in [0.2, 0.25) is 0 Å². The molecule has 0 heterocycles. The number of amides is 1. The fourth-order valence-corrected chi connectivity index (χ4v) is 5.65. The number of nitrogens with one attached hydrogen (secondary N) is 1. The zero-order valence-electron chi connectivity index (χ0n) is 27.8. The van der Waals surface area contributed by atoms with Gasteiger partial charge in [-0.1, -0.05) is 167 Å². The number of allylic oxidation sites excluding steroid dienone is 2. The summed E-state index contributed by atoms with van der Waals surface area (Å²) >= 11 is 0. The maximum absolute atomic E-state index is 12.3. The monoisotopic (exact) mass is 580 g/mol. The summed E-state index contributed by atoms with van der Waals surface area (Å²) in [5, 5.41) is 23.0. The van der Waals surface area contributed by atoms with Crippen molar-refractivity contribution in [3.63, 3.8) is 0 Å². The van der Waals surface area contributed by atoms with E-state index in [4.69, 9.17) is 0 Å². The lowest BCUT2D eigenvalue weighted by molar-refractivity contribution is -0.123. The molecule has 2 atom stereocenters. The fourth-order valence-electron chi connectivity index (χ4n) is 5.65. The van der Waals surface area contributed by atoms with E-state index in [-0.39, 0.29) is 12.5 Å². The summed E-state index contributed by atoms with van der Waals surface area (Å²) in [6.45, 7) is 4.34. The van der Waals surface area contributed by atoms with Gasteiger partial charge in [-0.05, 0) is 38.5 Å². The highest BCUT2D eigenvalue weighted by Gasteiger charge is 2.19. The van der Waals surface area contributed by atoms with Gasteiger partial charge in [-0.25, -0.2) is 0 Å². The molecule has 0 aromatic heterocycles. The number of aliphatic hydroxyl groups excluding tert-OH is 2. The number of carbonyl (C=O) groups is 1. The van der Waals surface area contributed by atoms with Gasteiger partial charge in [0.05, 0.1) is 18.8 Å². The molecule has 4 nitrogen and oxygen atoms in total. The average Bonchev–Trinajstić information content (AvgIpc) is 2.97. The minimum Gasteiger partial charge on any atom is -0.394 e. The molecule has 0 radical (unpaired) electrons. The van der Waals surface area contributed by atoms with E-state index in [1.807, 2.05) is 0 Å². The lowest BCUT2D eigenvalue weighted by Gasteiger charge is -2.22. The molecule has 0 aromatic carbocycles. The minimum atomic E-state index is -0.675. The van der Waals surface area contributed by atoms with Gasteiger partial charge in [0.25, 0.3) is 0 Å². The first-order valence-electron chi connectivity index (χ1n) is 18.4. The Bertz CT molecular complexity index is 550. The summed E-state index contributed by atoms with van der Waals surface area (Å²) in [7, 11) is 0. The zero-order valence-corrected chi connectivity index (χ0v) is 27.8. The van der Waals surface area contributed by atoms with Crippen molar-refractivity contribution in [2.75, 3.05) is 6.61 Å². The highest BCUT2D eigenvalue weighted by atomic mass is 16.3. The van der Waals surface area contributed by atoms with Crippen molar-refractivity contribution in [3.8, 4) is 0 Å². The van der Waals surface area contributed by atoms with Crippen LogP contribution in [-0.4, -0.2) is 34.9 Å². The third kappa shape index (κ3) is 30.4.